The first-order valence-electron chi connectivity index (χ1n) is 9.75. The summed E-state index contributed by atoms with van der Waals surface area (Å²) in [6.45, 7) is 2.56. The van der Waals surface area contributed by atoms with E-state index >= 15 is 0 Å². The Balaban J connectivity index is 1.75. The van der Waals surface area contributed by atoms with Crippen LogP contribution in [0.4, 0.5) is 0 Å². The summed E-state index contributed by atoms with van der Waals surface area (Å²) in [7, 11) is 0. The average Bonchev–Trinajstić information content (AvgIpc) is 2.96. The van der Waals surface area contributed by atoms with Crippen LogP contribution < -0.4 is 5.73 Å². The number of amides is 1. The van der Waals surface area contributed by atoms with Gasteiger partial charge in [0.2, 0.25) is 5.91 Å². The van der Waals surface area contributed by atoms with Crippen LogP contribution in [0.2, 0.25) is 0 Å². The minimum absolute atomic E-state index is 0.112. The smallest absolute Gasteiger partial charge is 0.220 e. The second kappa shape index (κ2) is 7.51. The molecular formula is C23H25ClN2O2. The number of aromatic nitrogens is 1. The maximum Gasteiger partial charge on any atom is 0.220 e. The number of nitrogens with zero attached hydrogens (tertiary/aromatic N) is 1. The molecule has 3 aromatic rings. The number of phenolic OH excluding ortho intramolecular Hbond substituents is 1. The fourth-order valence-electron chi connectivity index (χ4n) is 4.55. The van der Waals surface area contributed by atoms with Gasteiger partial charge >= 0.3 is 0 Å². The molecule has 3 unspecified atom stereocenters. The topological polar surface area (TPSA) is 68.2 Å². The van der Waals surface area contributed by atoms with Crippen LogP contribution in [0, 0.1) is 11.8 Å². The maximum absolute atomic E-state index is 11.5. The summed E-state index contributed by atoms with van der Waals surface area (Å²) in [5.74, 6) is 0.225. The molecule has 0 aliphatic heterocycles. The third-order valence-corrected chi connectivity index (χ3v) is 6.26. The van der Waals surface area contributed by atoms with Crippen molar-refractivity contribution in [1.82, 2.24) is 4.57 Å². The number of alkyl halides is 1. The monoisotopic (exact) mass is 396 g/mol. The number of fused-ring (bicyclic) bond motifs is 3. The van der Waals surface area contributed by atoms with E-state index in [9.17, 15) is 9.90 Å². The molecule has 3 N–H and O–H groups in total. The standard InChI is InChI=1S/C23H25ClN2O2/c1-14(23(25)28)9-16-11-19-18-7-2-3-8-21(18)26(22(19)20(24)12-16)13-15-5-4-6-17(27)10-15/h2-8,10,14,16,20,27H,9,11-13H2,1H3,(H2,25,28). The molecule has 5 heteroatoms. The number of phenols is 1. The summed E-state index contributed by atoms with van der Waals surface area (Å²) < 4.78 is 2.28. The van der Waals surface area contributed by atoms with E-state index in [0.717, 1.165) is 36.0 Å². The summed E-state index contributed by atoms with van der Waals surface area (Å²) in [4.78, 5) is 11.5. The second-order valence-corrected chi connectivity index (χ2v) is 8.48. The molecule has 0 fully saturated rings. The number of carbonyl (C=O) groups excluding carboxylic acids is 1. The van der Waals surface area contributed by atoms with E-state index in [1.54, 1.807) is 12.1 Å². The van der Waals surface area contributed by atoms with Crippen LogP contribution >= 0.6 is 11.6 Å². The largest absolute Gasteiger partial charge is 0.508 e. The van der Waals surface area contributed by atoms with Crippen LogP contribution in [0.15, 0.2) is 48.5 Å². The lowest BCUT2D eigenvalue weighted by Gasteiger charge is -2.29. The zero-order valence-electron chi connectivity index (χ0n) is 15.9. The number of hydrogen-bond acceptors (Lipinski definition) is 2. The van der Waals surface area contributed by atoms with Crippen LogP contribution in [-0.4, -0.2) is 15.6 Å². The van der Waals surface area contributed by atoms with E-state index < -0.39 is 0 Å². The number of halogens is 1. The Morgan fingerprint density at radius 2 is 2.07 bits per heavy atom. The van der Waals surface area contributed by atoms with E-state index in [1.165, 1.54) is 10.9 Å². The number of rotatable bonds is 5. The predicted molar refractivity (Wildman–Crippen MR) is 113 cm³/mol. The fourth-order valence-corrected chi connectivity index (χ4v) is 5.05. The molecule has 1 aliphatic carbocycles. The molecule has 3 atom stereocenters. The fraction of sp³-hybridized carbons (Fsp3) is 0.348. The maximum atomic E-state index is 11.5. The summed E-state index contributed by atoms with van der Waals surface area (Å²) in [6.07, 6.45) is 2.51. The number of para-hydroxylation sites is 1. The van der Waals surface area contributed by atoms with Crippen molar-refractivity contribution in [3.63, 3.8) is 0 Å². The van der Waals surface area contributed by atoms with Gasteiger partial charge in [-0.2, -0.15) is 0 Å². The van der Waals surface area contributed by atoms with Gasteiger partial charge in [0.15, 0.2) is 0 Å². The van der Waals surface area contributed by atoms with Gasteiger partial charge in [-0.3, -0.25) is 4.79 Å². The highest BCUT2D eigenvalue weighted by Crippen LogP contribution is 2.44. The zero-order chi connectivity index (χ0) is 19.8. The van der Waals surface area contributed by atoms with Crippen LogP contribution in [0.25, 0.3) is 10.9 Å². The molecule has 1 aromatic heterocycles. The summed E-state index contributed by atoms with van der Waals surface area (Å²) in [5, 5.41) is 10.9. The van der Waals surface area contributed by atoms with Crippen molar-refractivity contribution in [3.05, 3.63) is 65.4 Å². The molecule has 28 heavy (non-hydrogen) atoms. The molecule has 4 rings (SSSR count). The van der Waals surface area contributed by atoms with E-state index in [1.807, 2.05) is 25.1 Å². The first kappa shape index (κ1) is 18.9. The Labute approximate surface area is 169 Å². The number of hydrogen-bond donors (Lipinski definition) is 2. The highest BCUT2D eigenvalue weighted by Gasteiger charge is 2.32. The van der Waals surface area contributed by atoms with Crippen LogP contribution in [0.3, 0.4) is 0 Å². The van der Waals surface area contributed by atoms with E-state index in [2.05, 4.69) is 22.8 Å². The molecule has 1 aliphatic rings. The van der Waals surface area contributed by atoms with Gasteiger partial charge in [0.05, 0.1) is 5.38 Å². The normalized spacial score (nSPS) is 20.1. The molecule has 1 amide bonds. The highest BCUT2D eigenvalue weighted by molar-refractivity contribution is 6.21. The zero-order valence-corrected chi connectivity index (χ0v) is 16.7. The van der Waals surface area contributed by atoms with Crippen molar-refractivity contribution >= 4 is 28.4 Å². The van der Waals surface area contributed by atoms with E-state index in [0.29, 0.717) is 12.5 Å². The first-order valence-corrected chi connectivity index (χ1v) is 10.2. The SMILES string of the molecule is CC(CC1Cc2c(n(Cc3cccc(O)c3)c3ccccc23)C(Cl)C1)C(N)=O. The van der Waals surface area contributed by atoms with E-state index in [4.69, 9.17) is 17.3 Å². The Morgan fingerprint density at radius 3 is 2.82 bits per heavy atom. The number of nitrogens with two attached hydrogens (primary N) is 1. The molecular weight excluding hydrogens is 372 g/mol. The third-order valence-electron chi connectivity index (χ3n) is 5.87. The van der Waals surface area contributed by atoms with E-state index in [-0.39, 0.29) is 23.0 Å². The van der Waals surface area contributed by atoms with Crippen LogP contribution in [-0.2, 0) is 17.8 Å². The van der Waals surface area contributed by atoms with Gasteiger partial charge in [0.1, 0.15) is 5.75 Å². The molecule has 0 bridgehead atoms. The Morgan fingerprint density at radius 1 is 1.29 bits per heavy atom. The Bertz CT molecular complexity index is 1030. The number of carbonyl (C=O) groups is 1. The van der Waals surface area contributed by atoms with Gasteiger partial charge < -0.3 is 15.4 Å². The van der Waals surface area contributed by atoms with Crippen molar-refractivity contribution in [2.45, 2.75) is 38.1 Å². The Kier molecular flexibility index (Phi) is 5.07. The van der Waals surface area contributed by atoms with Gasteiger partial charge in [-0.25, -0.2) is 0 Å². The van der Waals surface area contributed by atoms with Crippen molar-refractivity contribution in [2.75, 3.05) is 0 Å². The van der Waals surface area contributed by atoms with Crippen LogP contribution in [0.5, 0.6) is 5.75 Å². The molecule has 2 aromatic carbocycles. The highest BCUT2D eigenvalue weighted by atomic mass is 35.5. The van der Waals surface area contributed by atoms with Crippen molar-refractivity contribution in [1.29, 1.82) is 0 Å². The second-order valence-electron chi connectivity index (χ2n) is 7.95. The van der Waals surface area contributed by atoms with Gasteiger partial charge in [-0.1, -0.05) is 37.3 Å². The molecule has 4 nitrogen and oxygen atoms in total. The molecule has 146 valence electrons. The quantitative estimate of drug-likeness (QED) is 0.611. The molecule has 0 saturated carbocycles. The number of benzene rings is 2. The van der Waals surface area contributed by atoms with Gasteiger partial charge in [0.25, 0.3) is 0 Å². The summed E-state index contributed by atoms with van der Waals surface area (Å²) in [6, 6.07) is 15.7. The minimum atomic E-state index is -0.247. The van der Waals surface area contributed by atoms with Crippen LogP contribution in [0.1, 0.15) is 42.0 Å². The molecule has 1 heterocycles. The lowest BCUT2D eigenvalue weighted by molar-refractivity contribution is -0.121. The van der Waals surface area contributed by atoms with Crippen molar-refractivity contribution < 1.29 is 9.90 Å². The first-order chi connectivity index (χ1) is 13.4. The van der Waals surface area contributed by atoms with Gasteiger partial charge in [-0.05, 0) is 54.5 Å². The molecule has 0 radical (unpaired) electrons. The lowest BCUT2D eigenvalue weighted by atomic mass is 9.81. The van der Waals surface area contributed by atoms with Crippen molar-refractivity contribution in [3.8, 4) is 5.75 Å². The van der Waals surface area contributed by atoms with Gasteiger partial charge in [-0.15, -0.1) is 11.6 Å². The lowest BCUT2D eigenvalue weighted by Crippen LogP contribution is -2.26. The molecule has 0 saturated heterocycles. The van der Waals surface area contributed by atoms with Gasteiger partial charge in [0, 0.05) is 29.1 Å². The van der Waals surface area contributed by atoms with Crippen molar-refractivity contribution in [2.24, 2.45) is 17.6 Å². The molecule has 0 spiro atoms. The number of aromatic hydroxyl groups is 1. The average molecular weight is 397 g/mol. The third kappa shape index (κ3) is 3.49. The summed E-state index contributed by atoms with van der Waals surface area (Å²) >= 11 is 6.89. The Hall–Kier alpha value is -2.46. The predicted octanol–water partition coefficient (Wildman–Crippen LogP) is 4.75. The number of primary amides is 1. The summed E-state index contributed by atoms with van der Waals surface area (Å²) in [5.41, 5.74) is 10.1. The minimum Gasteiger partial charge on any atom is -0.508 e.